The molecule has 0 N–H and O–H groups in total. The Labute approximate surface area is 144 Å². The monoisotopic (exact) mass is 357 g/mol. The molecule has 0 bridgehead atoms. The van der Waals surface area contributed by atoms with Crippen molar-refractivity contribution < 1.29 is 32.0 Å². The summed E-state index contributed by atoms with van der Waals surface area (Å²) in [4.78, 5) is 0. The van der Waals surface area contributed by atoms with Crippen molar-refractivity contribution in [3.05, 3.63) is 23.3 Å². The molecule has 1 aliphatic rings. The van der Waals surface area contributed by atoms with Gasteiger partial charge in [-0.3, -0.25) is 0 Å². The van der Waals surface area contributed by atoms with E-state index in [1.807, 2.05) is 0 Å². The highest BCUT2D eigenvalue weighted by Crippen LogP contribution is 2.38. The zero-order chi connectivity index (χ0) is 19.0. The van der Waals surface area contributed by atoms with Crippen LogP contribution in [-0.4, -0.2) is 32.2 Å². The summed E-state index contributed by atoms with van der Waals surface area (Å²) in [7, 11) is 0.307. The number of nitriles is 1. The molecule has 1 saturated heterocycles. The van der Waals surface area contributed by atoms with Crippen molar-refractivity contribution >= 4 is 12.6 Å². The van der Waals surface area contributed by atoms with Crippen LogP contribution in [0.3, 0.4) is 0 Å². The van der Waals surface area contributed by atoms with Gasteiger partial charge in [-0.25, -0.2) is 0 Å². The maximum Gasteiger partial charge on any atom is 0.500 e. The lowest BCUT2D eigenvalue weighted by Gasteiger charge is -2.32. The maximum atomic E-state index is 13.1. The smallest absolute Gasteiger partial charge is 0.468 e. The summed E-state index contributed by atoms with van der Waals surface area (Å²) in [6, 6.07) is 3.36. The first-order valence-corrected chi connectivity index (χ1v) is 7.55. The number of rotatable bonds is 4. The van der Waals surface area contributed by atoms with Crippen LogP contribution >= 0.6 is 0 Å². The first-order chi connectivity index (χ1) is 11.4. The Hall–Kier alpha value is -1.76. The van der Waals surface area contributed by atoms with Crippen LogP contribution < -0.4 is 10.2 Å². The molecule has 2 rings (SSSR count). The number of benzene rings is 1. The number of halogens is 3. The van der Waals surface area contributed by atoms with Gasteiger partial charge in [0, 0.05) is 12.6 Å². The van der Waals surface area contributed by atoms with Gasteiger partial charge in [0.15, 0.2) is 6.79 Å². The lowest BCUT2D eigenvalue weighted by Crippen LogP contribution is -2.41. The quantitative estimate of drug-likeness (QED) is 0.613. The average molecular weight is 357 g/mol. The summed E-state index contributed by atoms with van der Waals surface area (Å²) in [5.41, 5.74) is -2.53. The Balaban J connectivity index is 2.58. The molecule has 0 atom stereocenters. The standard InChI is InChI=1S/C16H19BF3NO4/c1-14(2)15(3,4)25-17(24-14)13-10(8-21)6-11(16(18,19)20)7-12(13)23-9-22-5/h6-7H,9H2,1-5H3. The molecule has 0 saturated carbocycles. The van der Waals surface area contributed by atoms with Crippen LogP contribution in [0.1, 0.15) is 38.8 Å². The highest BCUT2D eigenvalue weighted by Gasteiger charge is 2.53. The van der Waals surface area contributed by atoms with Crippen LogP contribution in [-0.2, 0) is 20.2 Å². The van der Waals surface area contributed by atoms with Crippen LogP contribution in [0.25, 0.3) is 0 Å². The Bertz CT molecular complexity index is 682. The number of hydrogen-bond donors (Lipinski definition) is 0. The van der Waals surface area contributed by atoms with E-state index in [9.17, 15) is 18.4 Å². The summed E-state index contributed by atoms with van der Waals surface area (Å²) < 4.78 is 61.1. The van der Waals surface area contributed by atoms with Crippen LogP contribution in [0.4, 0.5) is 13.2 Å². The summed E-state index contributed by atoms with van der Waals surface area (Å²) in [6.45, 7) is 6.94. The van der Waals surface area contributed by atoms with Gasteiger partial charge in [-0.2, -0.15) is 18.4 Å². The zero-order valence-corrected chi connectivity index (χ0v) is 14.7. The van der Waals surface area contributed by atoms with E-state index < -0.39 is 30.1 Å². The minimum Gasteiger partial charge on any atom is -0.468 e. The fraction of sp³-hybridized carbons (Fsp3) is 0.562. The summed E-state index contributed by atoms with van der Waals surface area (Å²) in [6.07, 6.45) is -4.62. The lowest BCUT2D eigenvalue weighted by atomic mass is 9.74. The molecular formula is C16H19BF3NO4. The molecule has 1 fully saturated rings. The summed E-state index contributed by atoms with van der Waals surface area (Å²) in [5.74, 6) is -0.160. The predicted octanol–water partition coefficient (Wildman–Crippen LogP) is 2.86. The van der Waals surface area contributed by atoms with Crippen LogP contribution in [0, 0.1) is 11.3 Å². The second-order valence-corrected chi connectivity index (χ2v) is 6.68. The Morgan fingerprint density at radius 1 is 1.16 bits per heavy atom. The number of hydrogen-bond acceptors (Lipinski definition) is 5. The Morgan fingerprint density at radius 2 is 1.72 bits per heavy atom. The molecule has 0 aliphatic carbocycles. The van der Waals surface area contributed by atoms with Crippen molar-refractivity contribution in [2.45, 2.75) is 45.1 Å². The van der Waals surface area contributed by atoms with Crippen molar-refractivity contribution in [2.24, 2.45) is 0 Å². The van der Waals surface area contributed by atoms with Crippen LogP contribution in [0.15, 0.2) is 12.1 Å². The topological polar surface area (TPSA) is 60.7 Å². The number of ether oxygens (including phenoxy) is 2. The molecule has 5 nitrogen and oxygen atoms in total. The summed E-state index contributed by atoms with van der Waals surface area (Å²) in [5, 5.41) is 9.36. The van der Waals surface area contributed by atoms with Gasteiger partial charge < -0.3 is 18.8 Å². The van der Waals surface area contributed by atoms with Gasteiger partial charge in [0.25, 0.3) is 0 Å². The molecule has 0 spiro atoms. The van der Waals surface area contributed by atoms with Gasteiger partial charge in [-0.15, -0.1) is 0 Å². The first kappa shape index (κ1) is 19.6. The third-order valence-electron chi connectivity index (χ3n) is 4.41. The third kappa shape index (κ3) is 3.76. The minimum absolute atomic E-state index is 0.117. The van der Waals surface area contributed by atoms with Crippen LogP contribution in [0.5, 0.6) is 5.75 Å². The molecule has 0 aromatic heterocycles. The van der Waals surface area contributed by atoms with E-state index in [0.717, 1.165) is 12.1 Å². The van der Waals surface area contributed by atoms with Gasteiger partial charge in [0.2, 0.25) is 0 Å². The molecule has 25 heavy (non-hydrogen) atoms. The zero-order valence-electron chi connectivity index (χ0n) is 14.7. The molecule has 0 unspecified atom stereocenters. The molecule has 9 heteroatoms. The van der Waals surface area contributed by atoms with Crippen molar-refractivity contribution in [2.75, 3.05) is 13.9 Å². The van der Waals surface area contributed by atoms with E-state index in [1.54, 1.807) is 33.8 Å². The van der Waals surface area contributed by atoms with E-state index in [1.165, 1.54) is 7.11 Å². The molecule has 1 aliphatic heterocycles. The van der Waals surface area contributed by atoms with E-state index in [-0.39, 0.29) is 23.6 Å². The maximum absolute atomic E-state index is 13.1. The second kappa shape index (κ2) is 6.52. The molecule has 1 aromatic rings. The third-order valence-corrected chi connectivity index (χ3v) is 4.41. The lowest BCUT2D eigenvalue weighted by molar-refractivity contribution is -0.137. The van der Waals surface area contributed by atoms with E-state index in [4.69, 9.17) is 18.8 Å². The number of nitrogens with zero attached hydrogens (tertiary/aromatic N) is 1. The highest BCUT2D eigenvalue weighted by molar-refractivity contribution is 6.64. The molecule has 0 amide bonds. The van der Waals surface area contributed by atoms with Gasteiger partial charge in [-0.05, 0) is 39.8 Å². The summed E-state index contributed by atoms with van der Waals surface area (Å²) >= 11 is 0. The first-order valence-electron chi connectivity index (χ1n) is 7.55. The SMILES string of the molecule is COCOc1cc(C(F)(F)F)cc(C#N)c1B1OC(C)(C)C(C)(C)O1. The Morgan fingerprint density at radius 3 is 2.16 bits per heavy atom. The fourth-order valence-corrected chi connectivity index (χ4v) is 2.33. The number of alkyl halides is 3. The van der Waals surface area contributed by atoms with Gasteiger partial charge >= 0.3 is 13.3 Å². The van der Waals surface area contributed by atoms with Crippen molar-refractivity contribution in [1.82, 2.24) is 0 Å². The van der Waals surface area contributed by atoms with Gasteiger partial charge in [0.05, 0.1) is 28.4 Å². The average Bonchev–Trinajstić information content (AvgIpc) is 2.70. The van der Waals surface area contributed by atoms with Gasteiger partial charge in [-0.1, -0.05) is 0 Å². The molecule has 1 aromatic carbocycles. The molecule has 1 heterocycles. The second-order valence-electron chi connectivity index (χ2n) is 6.68. The predicted molar refractivity (Wildman–Crippen MR) is 84.4 cm³/mol. The van der Waals surface area contributed by atoms with Crippen molar-refractivity contribution in [3.63, 3.8) is 0 Å². The van der Waals surface area contributed by atoms with E-state index in [0.29, 0.717) is 0 Å². The van der Waals surface area contributed by atoms with Crippen molar-refractivity contribution in [1.29, 1.82) is 5.26 Å². The largest absolute Gasteiger partial charge is 0.500 e. The molecule has 136 valence electrons. The molecular weight excluding hydrogens is 338 g/mol. The Kier molecular flexibility index (Phi) is 5.10. The minimum atomic E-state index is -4.62. The van der Waals surface area contributed by atoms with Crippen LogP contribution in [0.2, 0.25) is 0 Å². The van der Waals surface area contributed by atoms with E-state index in [2.05, 4.69) is 0 Å². The molecule has 0 radical (unpaired) electrons. The van der Waals surface area contributed by atoms with E-state index >= 15 is 0 Å². The highest BCUT2D eigenvalue weighted by atomic mass is 19.4. The van der Waals surface area contributed by atoms with Gasteiger partial charge in [0.1, 0.15) is 5.75 Å². The normalized spacial score (nSPS) is 18.9. The fourth-order valence-electron chi connectivity index (χ4n) is 2.33. The number of methoxy groups -OCH3 is 1. The van der Waals surface area contributed by atoms with Crippen molar-refractivity contribution in [3.8, 4) is 11.8 Å².